The first-order valence-corrected chi connectivity index (χ1v) is 9.13. The molecule has 0 aliphatic rings. The zero-order valence-electron chi connectivity index (χ0n) is 15.7. The van der Waals surface area contributed by atoms with Gasteiger partial charge in [-0.1, -0.05) is 112 Å². The Morgan fingerprint density at radius 3 is 1.15 bits per heavy atom. The maximum atomic E-state index is 12.5. The van der Waals surface area contributed by atoms with Gasteiger partial charge in [-0.2, -0.15) is 0 Å². The van der Waals surface area contributed by atoms with Gasteiger partial charge in [-0.05, 0) is 22.1 Å². The zero-order valence-corrected chi connectivity index (χ0v) is 15.7. The van der Waals surface area contributed by atoms with Crippen LogP contribution in [0, 0.1) is 11.3 Å². The van der Waals surface area contributed by atoms with E-state index in [-0.39, 0.29) is 11.3 Å². The molecule has 0 spiro atoms. The minimum Gasteiger partial charge on any atom is -0.303 e. The highest BCUT2D eigenvalue weighted by Crippen LogP contribution is 2.50. The quantitative estimate of drug-likeness (QED) is 0.418. The molecule has 1 heteroatoms. The molecular formula is C25H26O. The van der Waals surface area contributed by atoms with Crippen LogP contribution in [-0.2, 0) is 10.2 Å². The van der Waals surface area contributed by atoms with Crippen molar-refractivity contribution in [2.24, 2.45) is 11.3 Å². The van der Waals surface area contributed by atoms with Crippen molar-refractivity contribution in [2.75, 3.05) is 0 Å². The third-order valence-electron chi connectivity index (χ3n) is 5.22. The second kappa shape index (κ2) is 7.29. The van der Waals surface area contributed by atoms with E-state index < -0.39 is 5.41 Å². The average Bonchev–Trinajstić information content (AvgIpc) is 2.67. The van der Waals surface area contributed by atoms with Crippen molar-refractivity contribution in [2.45, 2.75) is 26.2 Å². The summed E-state index contributed by atoms with van der Waals surface area (Å²) in [6.45, 7) is 6.45. The molecule has 0 heterocycles. The fourth-order valence-electron chi connectivity index (χ4n) is 4.10. The van der Waals surface area contributed by atoms with Gasteiger partial charge in [0.15, 0.2) is 0 Å². The van der Waals surface area contributed by atoms with E-state index in [9.17, 15) is 4.79 Å². The van der Waals surface area contributed by atoms with Gasteiger partial charge in [0, 0.05) is 5.92 Å². The topological polar surface area (TPSA) is 17.1 Å². The van der Waals surface area contributed by atoms with Crippen molar-refractivity contribution in [3.05, 3.63) is 108 Å². The number of carbonyl (C=O) groups is 1. The van der Waals surface area contributed by atoms with Crippen LogP contribution >= 0.6 is 0 Å². The van der Waals surface area contributed by atoms with Crippen molar-refractivity contribution in [1.82, 2.24) is 0 Å². The Morgan fingerprint density at radius 1 is 0.615 bits per heavy atom. The molecule has 0 aliphatic heterocycles. The van der Waals surface area contributed by atoms with E-state index in [4.69, 9.17) is 0 Å². The standard InChI is InChI=1S/C25H26O/c1-24(2,3)23(19-26)25(20-13-7-4-8-14-20,21-15-9-5-10-16-21)22-17-11-6-12-18-22/h4-19,23H,1-3H3. The molecule has 0 N–H and O–H groups in total. The molecule has 3 aromatic carbocycles. The van der Waals surface area contributed by atoms with E-state index in [1.165, 1.54) is 0 Å². The highest BCUT2D eigenvalue weighted by molar-refractivity contribution is 5.66. The first-order chi connectivity index (χ1) is 12.5. The Balaban J connectivity index is 2.45. The van der Waals surface area contributed by atoms with Crippen molar-refractivity contribution in [1.29, 1.82) is 0 Å². The van der Waals surface area contributed by atoms with Crippen molar-refractivity contribution < 1.29 is 4.79 Å². The second-order valence-corrected chi connectivity index (χ2v) is 7.89. The van der Waals surface area contributed by atoms with Gasteiger partial charge in [0.25, 0.3) is 0 Å². The molecule has 0 radical (unpaired) electrons. The van der Waals surface area contributed by atoms with Crippen LogP contribution in [0.15, 0.2) is 91.0 Å². The van der Waals surface area contributed by atoms with E-state index >= 15 is 0 Å². The first kappa shape index (κ1) is 18.1. The third-order valence-corrected chi connectivity index (χ3v) is 5.22. The Bertz CT molecular complexity index is 733. The van der Waals surface area contributed by atoms with Crippen molar-refractivity contribution in [3.8, 4) is 0 Å². The predicted octanol–water partition coefficient (Wildman–Crippen LogP) is 5.88. The van der Waals surface area contributed by atoms with Crippen LogP contribution in [0.25, 0.3) is 0 Å². The number of carbonyl (C=O) groups excluding carboxylic acids is 1. The normalized spacial score (nSPS) is 13.2. The molecule has 3 aromatic rings. The fourth-order valence-corrected chi connectivity index (χ4v) is 4.10. The second-order valence-electron chi connectivity index (χ2n) is 7.89. The summed E-state index contributed by atoms with van der Waals surface area (Å²) in [5, 5.41) is 0. The number of aldehydes is 1. The van der Waals surface area contributed by atoms with E-state index in [0.717, 1.165) is 23.0 Å². The SMILES string of the molecule is CC(C)(C)C(C=O)C(c1ccccc1)(c1ccccc1)c1ccccc1. The fraction of sp³-hybridized carbons (Fsp3) is 0.240. The highest BCUT2D eigenvalue weighted by atomic mass is 16.1. The van der Waals surface area contributed by atoms with Crippen molar-refractivity contribution in [3.63, 3.8) is 0 Å². The molecule has 0 saturated heterocycles. The van der Waals surface area contributed by atoms with Gasteiger partial charge < -0.3 is 4.79 Å². The van der Waals surface area contributed by atoms with Gasteiger partial charge in [-0.15, -0.1) is 0 Å². The third kappa shape index (κ3) is 3.10. The average molecular weight is 342 g/mol. The zero-order chi connectivity index (χ0) is 18.6. The molecule has 1 atom stereocenters. The maximum Gasteiger partial charge on any atom is 0.125 e. The number of hydrogen-bond acceptors (Lipinski definition) is 1. The van der Waals surface area contributed by atoms with E-state index in [1.807, 2.05) is 18.2 Å². The van der Waals surface area contributed by atoms with Gasteiger partial charge in [-0.3, -0.25) is 0 Å². The lowest BCUT2D eigenvalue weighted by atomic mass is 9.56. The van der Waals surface area contributed by atoms with Gasteiger partial charge in [-0.25, -0.2) is 0 Å². The molecule has 1 unspecified atom stereocenters. The van der Waals surface area contributed by atoms with E-state index in [1.54, 1.807) is 0 Å². The van der Waals surface area contributed by atoms with Crippen LogP contribution in [0.2, 0.25) is 0 Å². The number of benzene rings is 3. The summed E-state index contributed by atoms with van der Waals surface area (Å²) in [5.74, 6) is -0.220. The summed E-state index contributed by atoms with van der Waals surface area (Å²) >= 11 is 0. The molecular weight excluding hydrogens is 316 g/mol. The van der Waals surface area contributed by atoms with Crippen LogP contribution in [0.3, 0.4) is 0 Å². The summed E-state index contributed by atoms with van der Waals surface area (Å²) in [6, 6.07) is 31.3. The summed E-state index contributed by atoms with van der Waals surface area (Å²) in [6.07, 6.45) is 1.15. The lowest BCUT2D eigenvalue weighted by Crippen LogP contribution is -2.45. The Kier molecular flexibility index (Phi) is 5.08. The van der Waals surface area contributed by atoms with Crippen LogP contribution in [0.1, 0.15) is 37.5 Å². The summed E-state index contributed by atoms with van der Waals surface area (Å²) in [5.41, 5.74) is 2.69. The van der Waals surface area contributed by atoms with Gasteiger partial charge in [0.2, 0.25) is 0 Å². The molecule has 3 rings (SSSR count). The molecule has 0 fully saturated rings. The molecule has 26 heavy (non-hydrogen) atoms. The Hall–Kier alpha value is -2.67. The Morgan fingerprint density at radius 2 is 0.923 bits per heavy atom. The number of rotatable bonds is 5. The summed E-state index contributed by atoms with van der Waals surface area (Å²) in [4.78, 5) is 12.5. The maximum absolute atomic E-state index is 12.5. The molecule has 0 bridgehead atoms. The molecule has 1 nitrogen and oxygen atoms in total. The molecule has 0 saturated carbocycles. The molecule has 0 amide bonds. The monoisotopic (exact) mass is 342 g/mol. The first-order valence-electron chi connectivity index (χ1n) is 9.13. The van der Waals surface area contributed by atoms with Crippen LogP contribution in [0.5, 0.6) is 0 Å². The van der Waals surface area contributed by atoms with Crippen LogP contribution in [-0.4, -0.2) is 6.29 Å². The van der Waals surface area contributed by atoms with Gasteiger partial charge in [0.1, 0.15) is 6.29 Å². The lowest BCUT2D eigenvalue weighted by molar-refractivity contribution is -0.115. The summed E-state index contributed by atoms with van der Waals surface area (Å²) in [7, 11) is 0. The highest BCUT2D eigenvalue weighted by Gasteiger charge is 2.48. The molecule has 0 aromatic heterocycles. The summed E-state index contributed by atoms with van der Waals surface area (Å²) < 4.78 is 0. The Labute approximate surface area is 156 Å². The largest absolute Gasteiger partial charge is 0.303 e. The van der Waals surface area contributed by atoms with Gasteiger partial charge in [0.05, 0.1) is 5.41 Å². The van der Waals surface area contributed by atoms with Gasteiger partial charge >= 0.3 is 0 Å². The smallest absolute Gasteiger partial charge is 0.125 e. The minimum atomic E-state index is -0.538. The van der Waals surface area contributed by atoms with Crippen molar-refractivity contribution >= 4 is 6.29 Å². The van der Waals surface area contributed by atoms with Crippen LogP contribution in [0.4, 0.5) is 0 Å². The number of hydrogen-bond donors (Lipinski definition) is 0. The predicted molar refractivity (Wildman–Crippen MR) is 108 cm³/mol. The van der Waals surface area contributed by atoms with E-state index in [2.05, 4.69) is 93.6 Å². The van der Waals surface area contributed by atoms with Crippen LogP contribution < -0.4 is 0 Å². The molecule has 132 valence electrons. The van der Waals surface area contributed by atoms with E-state index in [0.29, 0.717) is 0 Å². The minimum absolute atomic E-state index is 0.205. The molecule has 0 aliphatic carbocycles. The lowest BCUT2D eigenvalue weighted by Gasteiger charge is -2.46.